The predicted octanol–water partition coefficient (Wildman–Crippen LogP) is 2.72. The first kappa shape index (κ1) is 17.1. The van der Waals surface area contributed by atoms with Crippen LogP contribution in [0, 0.1) is 0 Å². The van der Waals surface area contributed by atoms with Crippen molar-refractivity contribution in [3.8, 4) is 5.75 Å². The summed E-state index contributed by atoms with van der Waals surface area (Å²) >= 11 is 0. The zero-order valence-corrected chi connectivity index (χ0v) is 15.1. The quantitative estimate of drug-likeness (QED) is 0.858. The number of ether oxygens (including phenoxy) is 1. The number of piperazine rings is 1. The van der Waals surface area contributed by atoms with Gasteiger partial charge in [0.15, 0.2) is 0 Å². The molecule has 1 aliphatic rings. The fourth-order valence-electron chi connectivity index (χ4n) is 3.13. The van der Waals surface area contributed by atoms with Crippen LogP contribution in [0.4, 0.5) is 11.4 Å². The van der Waals surface area contributed by atoms with Crippen LogP contribution in [0.3, 0.4) is 0 Å². The van der Waals surface area contributed by atoms with Gasteiger partial charge in [-0.15, -0.1) is 0 Å². The highest BCUT2D eigenvalue weighted by Crippen LogP contribution is 2.28. The van der Waals surface area contributed by atoms with Gasteiger partial charge in [0.25, 0.3) is 5.91 Å². The minimum Gasteiger partial charge on any atom is -0.495 e. The first-order valence-corrected chi connectivity index (χ1v) is 8.55. The fourth-order valence-corrected chi connectivity index (χ4v) is 3.13. The van der Waals surface area contributed by atoms with Crippen molar-refractivity contribution in [2.24, 2.45) is 0 Å². The number of para-hydroxylation sites is 2. The van der Waals surface area contributed by atoms with E-state index in [9.17, 15) is 4.79 Å². The number of rotatable bonds is 4. The van der Waals surface area contributed by atoms with Gasteiger partial charge >= 0.3 is 0 Å². The van der Waals surface area contributed by atoms with Crippen LogP contribution in [-0.4, -0.2) is 58.2 Å². The predicted molar refractivity (Wildman–Crippen MR) is 102 cm³/mol. The minimum atomic E-state index is 0.102. The molecule has 3 rings (SSSR count). The third-order valence-corrected chi connectivity index (χ3v) is 4.62. The van der Waals surface area contributed by atoms with Crippen molar-refractivity contribution in [1.29, 1.82) is 0 Å². The Bertz CT molecular complexity index is 720. The second-order valence-electron chi connectivity index (χ2n) is 6.39. The van der Waals surface area contributed by atoms with Crippen LogP contribution in [0.1, 0.15) is 10.4 Å². The topological polar surface area (TPSA) is 36.0 Å². The largest absolute Gasteiger partial charge is 0.495 e. The number of methoxy groups -OCH3 is 1. The van der Waals surface area contributed by atoms with E-state index in [-0.39, 0.29) is 5.91 Å². The molecule has 0 bridgehead atoms. The number of benzene rings is 2. The molecule has 0 aromatic heterocycles. The number of anilines is 2. The molecule has 5 heteroatoms. The molecule has 1 aliphatic heterocycles. The Labute approximate surface area is 149 Å². The molecule has 0 radical (unpaired) electrons. The van der Waals surface area contributed by atoms with Crippen molar-refractivity contribution in [2.75, 3.05) is 57.2 Å². The van der Waals surface area contributed by atoms with Crippen LogP contribution < -0.4 is 14.5 Å². The molecular weight excluding hydrogens is 314 g/mol. The standard InChI is InChI=1S/C20H25N3O2/c1-21(2)17-10-8-16(9-11-17)20(24)23-14-12-22(13-15-23)18-6-4-5-7-19(18)25-3/h4-11H,12-15H2,1-3H3. The van der Waals surface area contributed by atoms with Crippen LogP contribution in [0.2, 0.25) is 0 Å². The highest BCUT2D eigenvalue weighted by atomic mass is 16.5. The minimum absolute atomic E-state index is 0.102. The lowest BCUT2D eigenvalue weighted by Gasteiger charge is -2.36. The summed E-state index contributed by atoms with van der Waals surface area (Å²) in [7, 11) is 5.68. The van der Waals surface area contributed by atoms with Gasteiger partial charge in [-0.05, 0) is 36.4 Å². The Hall–Kier alpha value is -2.69. The first-order chi connectivity index (χ1) is 12.1. The summed E-state index contributed by atoms with van der Waals surface area (Å²) in [6.07, 6.45) is 0. The van der Waals surface area contributed by atoms with Crippen molar-refractivity contribution in [3.05, 3.63) is 54.1 Å². The Balaban J connectivity index is 1.64. The lowest BCUT2D eigenvalue weighted by Crippen LogP contribution is -2.48. The van der Waals surface area contributed by atoms with Gasteiger partial charge in [-0.3, -0.25) is 4.79 Å². The summed E-state index contributed by atoms with van der Waals surface area (Å²) in [6.45, 7) is 3.04. The molecule has 0 aliphatic carbocycles. The van der Waals surface area contributed by atoms with Gasteiger partial charge in [-0.25, -0.2) is 0 Å². The highest BCUT2D eigenvalue weighted by molar-refractivity contribution is 5.94. The van der Waals surface area contributed by atoms with Gasteiger partial charge in [0, 0.05) is 51.5 Å². The van der Waals surface area contributed by atoms with E-state index in [4.69, 9.17) is 4.74 Å². The number of amides is 1. The SMILES string of the molecule is COc1ccccc1N1CCN(C(=O)c2ccc(N(C)C)cc2)CC1. The third kappa shape index (κ3) is 3.71. The molecule has 0 saturated carbocycles. The molecule has 0 atom stereocenters. The van der Waals surface area contributed by atoms with E-state index < -0.39 is 0 Å². The lowest BCUT2D eigenvalue weighted by atomic mass is 10.1. The van der Waals surface area contributed by atoms with Gasteiger partial charge in [-0.1, -0.05) is 12.1 Å². The van der Waals surface area contributed by atoms with Crippen LogP contribution in [0.25, 0.3) is 0 Å². The molecule has 0 N–H and O–H groups in total. The average molecular weight is 339 g/mol. The van der Waals surface area contributed by atoms with Crippen molar-refractivity contribution in [3.63, 3.8) is 0 Å². The summed E-state index contributed by atoms with van der Waals surface area (Å²) < 4.78 is 5.45. The maximum atomic E-state index is 12.7. The number of nitrogens with zero attached hydrogens (tertiary/aromatic N) is 3. The summed E-state index contributed by atoms with van der Waals surface area (Å²) in [5.41, 5.74) is 2.93. The van der Waals surface area contributed by atoms with E-state index >= 15 is 0 Å². The van der Waals surface area contributed by atoms with Gasteiger partial charge < -0.3 is 19.4 Å². The summed E-state index contributed by atoms with van der Waals surface area (Å²) in [5, 5.41) is 0. The van der Waals surface area contributed by atoms with Crippen LogP contribution in [-0.2, 0) is 0 Å². The zero-order valence-electron chi connectivity index (χ0n) is 15.1. The second kappa shape index (κ2) is 7.47. The number of carbonyl (C=O) groups is 1. The molecule has 1 saturated heterocycles. The molecule has 1 fully saturated rings. The molecule has 0 spiro atoms. The lowest BCUT2D eigenvalue weighted by molar-refractivity contribution is 0.0746. The van der Waals surface area contributed by atoms with E-state index in [0.29, 0.717) is 13.1 Å². The van der Waals surface area contributed by atoms with Crippen molar-refractivity contribution in [1.82, 2.24) is 4.90 Å². The van der Waals surface area contributed by atoms with E-state index in [1.54, 1.807) is 7.11 Å². The number of hydrogen-bond acceptors (Lipinski definition) is 4. The summed E-state index contributed by atoms with van der Waals surface area (Å²) in [5.74, 6) is 0.978. The summed E-state index contributed by atoms with van der Waals surface area (Å²) in [4.78, 5) is 18.9. The highest BCUT2D eigenvalue weighted by Gasteiger charge is 2.23. The molecule has 0 unspecified atom stereocenters. The van der Waals surface area contributed by atoms with Crippen LogP contribution >= 0.6 is 0 Å². The third-order valence-electron chi connectivity index (χ3n) is 4.62. The molecule has 1 heterocycles. The second-order valence-corrected chi connectivity index (χ2v) is 6.39. The Morgan fingerprint density at radius 2 is 1.60 bits per heavy atom. The van der Waals surface area contributed by atoms with Gasteiger partial charge in [0.2, 0.25) is 0 Å². The molecule has 25 heavy (non-hydrogen) atoms. The van der Waals surface area contributed by atoms with Gasteiger partial charge in [0.1, 0.15) is 5.75 Å². The zero-order chi connectivity index (χ0) is 17.8. The Morgan fingerprint density at radius 3 is 2.20 bits per heavy atom. The Kier molecular flexibility index (Phi) is 5.12. The van der Waals surface area contributed by atoms with Crippen LogP contribution in [0.5, 0.6) is 5.75 Å². The first-order valence-electron chi connectivity index (χ1n) is 8.55. The molecule has 1 amide bonds. The van der Waals surface area contributed by atoms with Crippen molar-refractivity contribution in [2.45, 2.75) is 0 Å². The van der Waals surface area contributed by atoms with Crippen LogP contribution in [0.15, 0.2) is 48.5 Å². The van der Waals surface area contributed by atoms with E-state index in [1.165, 1.54) is 0 Å². The molecule has 5 nitrogen and oxygen atoms in total. The average Bonchev–Trinajstić information content (AvgIpc) is 2.67. The molecule has 132 valence electrons. The molecule has 2 aromatic carbocycles. The van der Waals surface area contributed by atoms with E-state index in [0.717, 1.165) is 35.8 Å². The maximum absolute atomic E-state index is 12.7. The Morgan fingerprint density at radius 1 is 0.960 bits per heavy atom. The normalized spacial score (nSPS) is 14.4. The maximum Gasteiger partial charge on any atom is 0.253 e. The smallest absolute Gasteiger partial charge is 0.253 e. The van der Waals surface area contributed by atoms with E-state index in [2.05, 4.69) is 11.0 Å². The molecule has 2 aromatic rings. The van der Waals surface area contributed by atoms with Gasteiger partial charge in [0.05, 0.1) is 12.8 Å². The summed E-state index contributed by atoms with van der Waals surface area (Å²) in [6, 6.07) is 15.8. The monoisotopic (exact) mass is 339 g/mol. The number of hydrogen-bond donors (Lipinski definition) is 0. The van der Waals surface area contributed by atoms with E-state index in [1.807, 2.05) is 66.4 Å². The van der Waals surface area contributed by atoms with Gasteiger partial charge in [-0.2, -0.15) is 0 Å². The van der Waals surface area contributed by atoms with Crippen molar-refractivity contribution >= 4 is 17.3 Å². The fraction of sp³-hybridized carbons (Fsp3) is 0.350. The van der Waals surface area contributed by atoms with Crippen molar-refractivity contribution < 1.29 is 9.53 Å². The number of carbonyl (C=O) groups excluding carboxylic acids is 1. The molecular formula is C20H25N3O2.